The van der Waals surface area contributed by atoms with E-state index in [9.17, 15) is 0 Å². The molecule has 0 spiro atoms. The number of benzene rings is 2. The summed E-state index contributed by atoms with van der Waals surface area (Å²) in [6.45, 7) is 6.08. The number of nitrogens with zero attached hydrogens (tertiary/aromatic N) is 5. The molecule has 2 aromatic carbocycles. The number of fused-ring (bicyclic) bond motifs is 3. The predicted molar refractivity (Wildman–Crippen MR) is 119 cm³/mol. The molecule has 1 atom stereocenters. The molecule has 7 heteroatoms. The van der Waals surface area contributed by atoms with E-state index < -0.39 is 0 Å². The van der Waals surface area contributed by atoms with Crippen molar-refractivity contribution in [2.45, 2.75) is 39.0 Å². The molecule has 1 aliphatic rings. The monoisotopic (exact) mass is 431 g/mol. The van der Waals surface area contributed by atoms with Gasteiger partial charge < -0.3 is 4.52 Å². The van der Waals surface area contributed by atoms with Crippen molar-refractivity contribution in [1.82, 2.24) is 24.9 Å². The standard InChI is InChI=1S/C24H22ClN5O/c1-14(2)23-26-22(31-29-23)13-17-12-20(16-8-10-18(25)11-9-16)19-6-4-5-7-21(19)30-15(3)27-28-24(17)30/h4-12,14,17H,13H2,1-3H3. The predicted octanol–water partition coefficient (Wildman–Crippen LogP) is 5.51. The van der Waals surface area contributed by atoms with E-state index in [1.807, 2.05) is 37.3 Å². The molecule has 6 nitrogen and oxygen atoms in total. The van der Waals surface area contributed by atoms with Gasteiger partial charge in [0.2, 0.25) is 5.89 Å². The molecule has 5 rings (SSSR count). The number of aryl methyl sites for hydroxylation is 1. The summed E-state index contributed by atoms with van der Waals surface area (Å²) in [7, 11) is 0. The molecule has 1 unspecified atom stereocenters. The SMILES string of the molecule is Cc1nnc2n1-c1ccccc1C(c1ccc(Cl)cc1)=CC2Cc1nc(C(C)C)no1. The summed E-state index contributed by atoms with van der Waals surface area (Å²) in [6, 6.07) is 16.2. The zero-order valence-electron chi connectivity index (χ0n) is 17.6. The Balaban J connectivity index is 1.68. The van der Waals surface area contributed by atoms with Gasteiger partial charge in [-0.15, -0.1) is 10.2 Å². The van der Waals surface area contributed by atoms with Gasteiger partial charge in [-0.2, -0.15) is 4.98 Å². The first kappa shape index (κ1) is 19.7. The van der Waals surface area contributed by atoms with E-state index >= 15 is 0 Å². The molecular formula is C24H22ClN5O. The Morgan fingerprint density at radius 1 is 1.06 bits per heavy atom. The minimum Gasteiger partial charge on any atom is -0.339 e. The lowest BCUT2D eigenvalue weighted by Crippen LogP contribution is -2.09. The second-order valence-corrected chi connectivity index (χ2v) is 8.49. The Bertz CT molecular complexity index is 1270. The van der Waals surface area contributed by atoms with Crippen LogP contribution in [0, 0.1) is 6.92 Å². The van der Waals surface area contributed by atoms with Crippen molar-refractivity contribution in [2.75, 3.05) is 0 Å². The fourth-order valence-electron chi connectivity index (χ4n) is 3.98. The van der Waals surface area contributed by atoms with Crippen LogP contribution >= 0.6 is 11.6 Å². The summed E-state index contributed by atoms with van der Waals surface area (Å²) < 4.78 is 7.68. The van der Waals surface area contributed by atoms with Crippen LogP contribution in [0.1, 0.15) is 60.2 Å². The summed E-state index contributed by atoms with van der Waals surface area (Å²) in [5, 5.41) is 13.7. The third kappa shape index (κ3) is 3.57. The average Bonchev–Trinajstić information content (AvgIpc) is 3.35. The van der Waals surface area contributed by atoms with E-state index in [1.165, 1.54) is 0 Å². The second-order valence-electron chi connectivity index (χ2n) is 8.06. The minimum absolute atomic E-state index is 0.0836. The zero-order valence-corrected chi connectivity index (χ0v) is 18.3. The van der Waals surface area contributed by atoms with Crippen LogP contribution < -0.4 is 0 Å². The summed E-state index contributed by atoms with van der Waals surface area (Å²) >= 11 is 6.15. The molecule has 1 aliphatic heterocycles. The Hall–Kier alpha value is -3.25. The molecule has 156 valence electrons. The van der Waals surface area contributed by atoms with Crippen LogP contribution in [0.5, 0.6) is 0 Å². The first-order valence-electron chi connectivity index (χ1n) is 10.3. The minimum atomic E-state index is -0.0836. The summed E-state index contributed by atoms with van der Waals surface area (Å²) in [6.07, 6.45) is 2.78. The Morgan fingerprint density at radius 2 is 1.84 bits per heavy atom. The van der Waals surface area contributed by atoms with Crippen molar-refractivity contribution in [1.29, 1.82) is 0 Å². The molecule has 0 bridgehead atoms. The van der Waals surface area contributed by atoms with E-state index in [1.54, 1.807) is 0 Å². The highest BCUT2D eigenvalue weighted by Gasteiger charge is 2.28. The summed E-state index contributed by atoms with van der Waals surface area (Å²) in [5.41, 5.74) is 4.37. The van der Waals surface area contributed by atoms with Gasteiger partial charge in [-0.1, -0.05) is 67.0 Å². The summed E-state index contributed by atoms with van der Waals surface area (Å²) in [4.78, 5) is 4.59. The molecule has 0 fully saturated rings. The van der Waals surface area contributed by atoms with Crippen molar-refractivity contribution in [2.24, 2.45) is 0 Å². The van der Waals surface area contributed by atoms with Gasteiger partial charge in [0.1, 0.15) is 11.6 Å². The highest BCUT2D eigenvalue weighted by molar-refractivity contribution is 6.30. The van der Waals surface area contributed by atoms with Gasteiger partial charge in [-0.3, -0.25) is 4.57 Å². The highest BCUT2D eigenvalue weighted by Crippen LogP contribution is 2.38. The first-order valence-corrected chi connectivity index (χ1v) is 10.7. The van der Waals surface area contributed by atoms with Crippen LogP contribution in [-0.2, 0) is 6.42 Å². The van der Waals surface area contributed by atoms with E-state index in [-0.39, 0.29) is 11.8 Å². The first-order chi connectivity index (χ1) is 15.0. The van der Waals surface area contributed by atoms with Gasteiger partial charge in [-0.25, -0.2) is 0 Å². The van der Waals surface area contributed by atoms with Crippen LogP contribution in [0.15, 0.2) is 59.1 Å². The fraction of sp³-hybridized carbons (Fsp3) is 0.250. The quantitative estimate of drug-likeness (QED) is 0.426. The lowest BCUT2D eigenvalue weighted by molar-refractivity contribution is 0.366. The molecule has 0 radical (unpaired) electrons. The van der Waals surface area contributed by atoms with E-state index in [2.05, 4.69) is 63.0 Å². The third-order valence-corrected chi connectivity index (χ3v) is 5.79. The number of para-hydroxylation sites is 1. The van der Waals surface area contributed by atoms with Crippen molar-refractivity contribution in [3.05, 3.63) is 94.1 Å². The van der Waals surface area contributed by atoms with E-state index in [0.29, 0.717) is 23.2 Å². The van der Waals surface area contributed by atoms with Crippen molar-refractivity contribution >= 4 is 17.2 Å². The molecular weight excluding hydrogens is 410 g/mol. The van der Waals surface area contributed by atoms with Gasteiger partial charge in [-0.05, 0) is 36.3 Å². The number of hydrogen-bond donors (Lipinski definition) is 0. The number of hydrogen-bond acceptors (Lipinski definition) is 5. The molecule has 0 N–H and O–H groups in total. The lowest BCUT2D eigenvalue weighted by atomic mass is 9.93. The molecule has 0 saturated carbocycles. The zero-order chi connectivity index (χ0) is 21.5. The van der Waals surface area contributed by atoms with Gasteiger partial charge in [0.25, 0.3) is 0 Å². The Labute approximate surface area is 185 Å². The number of halogens is 1. The van der Waals surface area contributed by atoms with E-state index in [4.69, 9.17) is 16.1 Å². The van der Waals surface area contributed by atoms with Crippen LogP contribution in [0.4, 0.5) is 0 Å². The van der Waals surface area contributed by atoms with Crippen LogP contribution in [0.2, 0.25) is 5.02 Å². The topological polar surface area (TPSA) is 69.6 Å². The van der Waals surface area contributed by atoms with Crippen molar-refractivity contribution < 1.29 is 4.52 Å². The molecule has 0 amide bonds. The van der Waals surface area contributed by atoms with Gasteiger partial charge in [0, 0.05) is 28.8 Å². The number of aromatic nitrogens is 5. The maximum atomic E-state index is 6.15. The lowest BCUT2D eigenvalue weighted by Gasteiger charge is -2.13. The maximum Gasteiger partial charge on any atom is 0.227 e. The number of allylic oxidation sites excluding steroid dienone is 1. The second kappa shape index (κ2) is 7.78. The normalized spacial score (nSPS) is 15.4. The van der Waals surface area contributed by atoms with Crippen molar-refractivity contribution in [3.8, 4) is 5.69 Å². The molecule has 3 heterocycles. The van der Waals surface area contributed by atoms with Crippen LogP contribution in [0.25, 0.3) is 11.3 Å². The Morgan fingerprint density at radius 3 is 2.58 bits per heavy atom. The van der Waals surface area contributed by atoms with Gasteiger partial charge in [0.15, 0.2) is 5.82 Å². The molecule has 0 aliphatic carbocycles. The smallest absolute Gasteiger partial charge is 0.227 e. The van der Waals surface area contributed by atoms with E-state index in [0.717, 1.165) is 34.0 Å². The third-order valence-electron chi connectivity index (χ3n) is 5.53. The van der Waals surface area contributed by atoms with Crippen LogP contribution in [-0.4, -0.2) is 24.9 Å². The molecule has 4 aromatic rings. The van der Waals surface area contributed by atoms with Crippen LogP contribution in [0.3, 0.4) is 0 Å². The van der Waals surface area contributed by atoms with Crippen molar-refractivity contribution in [3.63, 3.8) is 0 Å². The molecule has 2 aromatic heterocycles. The largest absolute Gasteiger partial charge is 0.339 e. The summed E-state index contributed by atoms with van der Waals surface area (Å²) in [5.74, 6) is 3.14. The maximum absolute atomic E-state index is 6.15. The average molecular weight is 432 g/mol. The van der Waals surface area contributed by atoms with Gasteiger partial charge >= 0.3 is 0 Å². The molecule has 31 heavy (non-hydrogen) atoms. The highest BCUT2D eigenvalue weighted by atomic mass is 35.5. The fourth-order valence-corrected chi connectivity index (χ4v) is 4.11. The Kier molecular flexibility index (Phi) is 4.94. The molecule has 0 saturated heterocycles. The number of rotatable bonds is 4. The van der Waals surface area contributed by atoms with Gasteiger partial charge in [0.05, 0.1) is 5.69 Å².